The van der Waals surface area contributed by atoms with Crippen LogP contribution in [0.3, 0.4) is 0 Å². The van der Waals surface area contributed by atoms with E-state index >= 15 is 0 Å². The van der Waals surface area contributed by atoms with Crippen LogP contribution in [-0.4, -0.2) is 24.0 Å². The van der Waals surface area contributed by atoms with Crippen LogP contribution < -0.4 is 5.32 Å². The number of rotatable bonds is 3. The third kappa shape index (κ3) is 3.98. The van der Waals surface area contributed by atoms with Gasteiger partial charge in [0.25, 0.3) is 0 Å². The first-order chi connectivity index (χ1) is 10.1. The quantitative estimate of drug-likeness (QED) is 0.926. The van der Waals surface area contributed by atoms with Crippen LogP contribution >= 0.6 is 0 Å². The minimum atomic E-state index is -0.0292. The summed E-state index contributed by atoms with van der Waals surface area (Å²) < 4.78 is 0. The van der Waals surface area contributed by atoms with Crippen LogP contribution in [0.4, 0.5) is 4.79 Å². The molecule has 0 spiro atoms. The van der Waals surface area contributed by atoms with Crippen molar-refractivity contribution in [3.05, 3.63) is 35.4 Å². The monoisotopic (exact) mass is 285 g/mol. The minimum absolute atomic E-state index is 0.00269. The Bertz CT molecular complexity index is 510. The van der Waals surface area contributed by atoms with Gasteiger partial charge in [-0.15, -0.1) is 0 Å². The predicted octanol–water partition coefficient (Wildman–Crippen LogP) is 3.26. The van der Waals surface area contributed by atoms with E-state index in [-0.39, 0.29) is 18.0 Å². The first-order valence-corrected chi connectivity index (χ1v) is 7.68. The number of likely N-dealkylation sites (tertiary alicyclic amines) is 1. The van der Waals surface area contributed by atoms with Gasteiger partial charge in [0.1, 0.15) is 0 Å². The van der Waals surface area contributed by atoms with Gasteiger partial charge < -0.3 is 10.2 Å². The summed E-state index contributed by atoms with van der Waals surface area (Å²) in [5.41, 5.74) is 2.42. The van der Waals surface area contributed by atoms with Gasteiger partial charge in [-0.2, -0.15) is 5.26 Å². The number of carbonyl (C=O) groups excluding carboxylic acids is 1. The summed E-state index contributed by atoms with van der Waals surface area (Å²) in [5.74, 6) is 0.105. The highest BCUT2D eigenvalue weighted by Gasteiger charge is 2.23. The molecule has 4 heteroatoms. The number of hydrogen-bond acceptors (Lipinski definition) is 2. The number of urea groups is 1. The largest absolute Gasteiger partial charge is 0.331 e. The molecule has 2 rings (SSSR count). The number of piperidine rings is 1. The van der Waals surface area contributed by atoms with Gasteiger partial charge in [-0.3, -0.25) is 0 Å². The Morgan fingerprint density at radius 2 is 2.00 bits per heavy atom. The normalized spacial score (nSPS) is 17.1. The molecule has 1 saturated heterocycles. The maximum atomic E-state index is 12.2. The molecule has 1 aliphatic heterocycles. The maximum absolute atomic E-state index is 12.2. The zero-order valence-corrected chi connectivity index (χ0v) is 12.8. The molecule has 0 bridgehead atoms. The molecule has 0 saturated carbocycles. The molecule has 0 radical (unpaired) electrons. The molecule has 1 heterocycles. The Kier molecular flexibility index (Phi) is 5.21. The Hall–Kier alpha value is -2.02. The highest BCUT2D eigenvalue weighted by Crippen LogP contribution is 2.18. The number of nitriles is 1. The van der Waals surface area contributed by atoms with Gasteiger partial charge in [0, 0.05) is 19.0 Å². The van der Waals surface area contributed by atoms with Gasteiger partial charge >= 0.3 is 6.03 Å². The fourth-order valence-corrected chi connectivity index (χ4v) is 2.61. The summed E-state index contributed by atoms with van der Waals surface area (Å²) in [6, 6.07) is 10.6. The summed E-state index contributed by atoms with van der Waals surface area (Å²) >= 11 is 0. The van der Waals surface area contributed by atoms with Gasteiger partial charge in [0.15, 0.2) is 0 Å². The molecule has 1 N–H and O–H groups in total. The molecule has 0 aliphatic carbocycles. The van der Waals surface area contributed by atoms with E-state index in [0.29, 0.717) is 13.1 Å². The number of carbonyl (C=O) groups is 1. The van der Waals surface area contributed by atoms with Crippen molar-refractivity contribution < 1.29 is 4.79 Å². The van der Waals surface area contributed by atoms with Gasteiger partial charge in [0.05, 0.1) is 12.1 Å². The number of hydrogen-bond donors (Lipinski definition) is 1. The van der Waals surface area contributed by atoms with Crippen molar-refractivity contribution in [2.45, 2.75) is 39.2 Å². The second-order valence-electron chi connectivity index (χ2n) is 5.66. The van der Waals surface area contributed by atoms with Gasteiger partial charge in [-0.05, 0) is 37.3 Å². The van der Waals surface area contributed by atoms with Crippen LogP contribution in [0.5, 0.6) is 0 Å². The fourth-order valence-electron chi connectivity index (χ4n) is 2.61. The molecule has 0 aromatic heterocycles. The van der Waals surface area contributed by atoms with Crippen molar-refractivity contribution in [3.8, 4) is 6.07 Å². The Labute approximate surface area is 126 Å². The lowest BCUT2D eigenvalue weighted by atomic mass is 9.99. The van der Waals surface area contributed by atoms with Gasteiger partial charge in [-0.1, -0.05) is 31.2 Å². The van der Waals surface area contributed by atoms with E-state index in [0.717, 1.165) is 24.8 Å². The lowest BCUT2D eigenvalue weighted by Crippen LogP contribution is -2.45. The van der Waals surface area contributed by atoms with E-state index in [1.54, 1.807) is 0 Å². The number of aryl methyl sites for hydroxylation is 1. The van der Waals surface area contributed by atoms with Crippen LogP contribution in [0.25, 0.3) is 0 Å². The molecule has 1 aromatic rings. The molecular weight excluding hydrogens is 262 g/mol. The standard InChI is InChI=1S/C17H23N3O/c1-3-14-4-6-16(7-5-14)13(2)19-17(21)20-10-8-15(12-18)9-11-20/h4-7,13,15H,3,8-11H2,1-2H3,(H,19,21)/t13-/m1/s1. The van der Waals surface area contributed by atoms with Crippen LogP contribution in [0.15, 0.2) is 24.3 Å². The Morgan fingerprint density at radius 1 is 1.38 bits per heavy atom. The molecule has 0 unspecified atom stereocenters. The maximum Gasteiger partial charge on any atom is 0.317 e. The fraction of sp³-hybridized carbons (Fsp3) is 0.529. The third-order valence-electron chi connectivity index (χ3n) is 4.19. The van der Waals surface area contributed by atoms with Crippen LogP contribution in [0.1, 0.15) is 43.9 Å². The summed E-state index contributed by atoms with van der Waals surface area (Å²) in [6.07, 6.45) is 2.59. The molecule has 1 aliphatic rings. The lowest BCUT2D eigenvalue weighted by Gasteiger charge is -2.30. The van der Waals surface area contributed by atoms with Crippen molar-refractivity contribution in [1.82, 2.24) is 10.2 Å². The van der Waals surface area contributed by atoms with E-state index < -0.39 is 0 Å². The number of benzene rings is 1. The van der Waals surface area contributed by atoms with E-state index in [4.69, 9.17) is 5.26 Å². The van der Waals surface area contributed by atoms with Crippen LogP contribution in [0.2, 0.25) is 0 Å². The average molecular weight is 285 g/mol. The van der Waals surface area contributed by atoms with E-state index in [2.05, 4.69) is 42.6 Å². The molecule has 2 amide bonds. The summed E-state index contributed by atoms with van der Waals surface area (Å²) in [7, 11) is 0. The summed E-state index contributed by atoms with van der Waals surface area (Å²) in [6.45, 7) is 5.48. The van der Waals surface area contributed by atoms with Crippen molar-refractivity contribution in [2.75, 3.05) is 13.1 Å². The molecule has 112 valence electrons. The van der Waals surface area contributed by atoms with Gasteiger partial charge in [-0.25, -0.2) is 4.79 Å². The van der Waals surface area contributed by atoms with Crippen LogP contribution in [0, 0.1) is 17.2 Å². The second-order valence-corrected chi connectivity index (χ2v) is 5.66. The molecule has 4 nitrogen and oxygen atoms in total. The van der Waals surface area contributed by atoms with Crippen molar-refractivity contribution in [1.29, 1.82) is 5.26 Å². The molecule has 1 aromatic carbocycles. The topological polar surface area (TPSA) is 56.1 Å². The first kappa shape index (κ1) is 15.4. The minimum Gasteiger partial charge on any atom is -0.331 e. The van der Waals surface area contributed by atoms with Crippen LogP contribution in [-0.2, 0) is 6.42 Å². The summed E-state index contributed by atoms with van der Waals surface area (Å²) in [4.78, 5) is 14.0. The highest BCUT2D eigenvalue weighted by atomic mass is 16.2. The van der Waals surface area contributed by atoms with E-state index in [9.17, 15) is 4.79 Å². The van der Waals surface area contributed by atoms with Crippen molar-refractivity contribution >= 4 is 6.03 Å². The first-order valence-electron chi connectivity index (χ1n) is 7.68. The summed E-state index contributed by atoms with van der Waals surface area (Å²) in [5, 5.41) is 11.9. The molecule has 21 heavy (non-hydrogen) atoms. The zero-order chi connectivity index (χ0) is 15.2. The third-order valence-corrected chi connectivity index (χ3v) is 4.19. The lowest BCUT2D eigenvalue weighted by molar-refractivity contribution is 0.176. The predicted molar refractivity (Wildman–Crippen MR) is 82.7 cm³/mol. The SMILES string of the molecule is CCc1ccc([C@@H](C)NC(=O)N2CCC(C#N)CC2)cc1. The van der Waals surface area contributed by atoms with Crippen molar-refractivity contribution in [3.63, 3.8) is 0 Å². The van der Waals surface area contributed by atoms with E-state index in [1.807, 2.05) is 11.8 Å². The van der Waals surface area contributed by atoms with E-state index in [1.165, 1.54) is 5.56 Å². The number of nitrogens with one attached hydrogen (secondary N) is 1. The molecule has 1 atom stereocenters. The number of amides is 2. The Morgan fingerprint density at radius 3 is 2.52 bits per heavy atom. The molecule has 1 fully saturated rings. The zero-order valence-electron chi connectivity index (χ0n) is 12.8. The average Bonchev–Trinajstić information content (AvgIpc) is 2.55. The Balaban J connectivity index is 1.88. The second kappa shape index (κ2) is 7.12. The smallest absolute Gasteiger partial charge is 0.317 e. The van der Waals surface area contributed by atoms with Gasteiger partial charge in [0.2, 0.25) is 0 Å². The number of nitrogens with zero attached hydrogens (tertiary/aromatic N) is 2. The highest BCUT2D eigenvalue weighted by molar-refractivity contribution is 5.74. The molecular formula is C17H23N3O. The van der Waals surface area contributed by atoms with Crippen molar-refractivity contribution in [2.24, 2.45) is 5.92 Å².